The SMILES string of the molecule is CN1CCN(C(=O)COc2cc(Cl)ccc2C#N)CC1. The molecule has 1 aromatic rings. The monoisotopic (exact) mass is 293 g/mol. The first-order valence-electron chi connectivity index (χ1n) is 6.39. The molecule has 1 saturated heterocycles. The Bertz CT molecular complexity index is 534. The lowest BCUT2D eigenvalue weighted by Crippen LogP contribution is -2.48. The molecule has 106 valence electrons. The van der Waals surface area contributed by atoms with Gasteiger partial charge in [-0.1, -0.05) is 11.6 Å². The maximum atomic E-state index is 12.0. The smallest absolute Gasteiger partial charge is 0.260 e. The van der Waals surface area contributed by atoms with Gasteiger partial charge in [-0.05, 0) is 19.2 Å². The summed E-state index contributed by atoms with van der Waals surface area (Å²) in [6.45, 7) is 3.08. The number of hydrogen-bond acceptors (Lipinski definition) is 4. The van der Waals surface area contributed by atoms with Crippen molar-refractivity contribution in [2.24, 2.45) is 0 Å². The largest absolute Gasteiger partial charge is 0.482 e. The third kappa shape index (κ3) is 3.62. The second-order valence-electron chi connectivity index (χ2n) is 4.73. The van der Waals surface area contributed by atoms with E-state index in [1.807, 2.05) is 13.1 Å². The van der Waals surface area contributed by atoms with E-state index in [0.717, 1.165) is 13.1 Å². The summed E-state index contributed by atoms with van der Waals surface area (Å²) in [5.41, 5.74) is 0.376. The summed E-state index contributed by atoms with van der Waals surface area (Å²) in [5.74, 6) is 0.282. The number of carbonyl (C=O) groups is 1. The molecule has 0 atom stereocenters. The minimum atomic E-state index is -0.0707. The van der Waals surface area contributed by atoms with Crippen molar-refractivity contribution in [3.8, 4) is 11.8 Å². The van der Waals surface area contributed by atoms with Gasteiger partial charge in [-0.2, -0.15) is 5.26 Å². The molecule has 0 aromatic heterocycles. The molecule has 6 heteroatoms. The number of piperazine rings is 1. The van der Waals surface area contributed by atoms with E-state index < -0.39 is 0 Å². The number of nitrogens with zero attached hydrogens (tertiary/aromatic N) is 3. The van der Waals surface area contributed by atoms with E-state index in [9.17, 15) is 4.79 Å². The van der Waals surface area contributed by atoms with E-state index in [-0.39, 0.29) is 12.5 Å². The molecule has 20 heavy (non-hydrogen) atoms. The topological polar surface area (TPSA) is 56.6 Å². The Morgan fingerprint density at radius 1 is 1.40 bits per heavy atom. The summed E-state index contributed by atoms with van der Waals surface area (Å²) >= 11 is 5.86. The van der Waals surface area contributed by atoms with Gasteiger partial charge in [-0.15, -0.1) is 0 Å². The molecule has 1 aliphatic rings. The second-order valence-corrected chi connectivity index (χ2v) is 5.16. The third-order valence-corrected chi connectivity index (χ3v) is 3.51. The molecule has 0 radical (unpaired) electrons. The Balaban J connectivity index is 1.93. The summed E-state index contributed by atoms with van der Waals surface area (Å²) in [6, 6.07) is 6.77. The zero-order valence-electron chi connectivity index (χ0n) is 11.3. The van der Waals surface area contributed by atoms with Crippen LogP contribution in [0.1, 0.15) is 5.56 Å². The van der Waals surface area contributed by atoms with E-state index in [0.29, 0.717) is 29.4 Å². The molecule has 1 aliphatic heterocycles. The van der Waals surface area contributed by atoms with Crippen LogP contribution in [0.25, 0.3) is 0 Å². The summed E-state index contributed by atoms with van der Waals surface area (Å²) in [6.07, 6.45) is 0. The van der Waals surface area contributed by atoms with Crippen molar-refractivity contribution in [2.75, 3.05) is 39.8 Å². The van der Waals surface area contributed by atoms with Crippen LogP contribution < -0.4 is 4.74 Å². The highest BCUT2D eigenvalue weighted by molar-refractivity contribution is 6.30. The molecule has 1 fully saturated rings. The fourth-order valence-corrected chi connectivity index (χ4v) is 2.16. The molecule has 1 heterocycles. The molecule has 0 N–H and O–H groups in total. The molecule has 0 aliphatic carbocycles. The summed E-state index contributed by atoms with van der Waals surface area (Å²) < 4.78 is 5.44. The first-order chi connectivity index (χ1) is 9.60. The van der Waals surface area contributed by atoms with Gasteiger partial charge < -0.3 is 14.5 Å². The van der Waals surface area contributed by atoms with Gasteiger partial charge in [-0.3, -0.25) is 4.79 Å². The van der Waals surface area contributed by atoms with Crippen LogP contribution in [0.3, 0.4) is 0 Å². The van der Waals surface area contributed by atoms with Crippen LogP contribution in [0.2, 0.25) is 5.02 Å². The maximum Gasteiger partial charge on any atom is 0.260 e. The summed E-state index contributed by atoms with van der Waals surface area (Å²) in [5, 5.41) is 9.46. The van der Waals surface area contributed by atoms with Gasteiger partial charge in [0.05, 0.1) is 5.56 Å². The molecule has 0 spiro atoms. The number of carbonyl (C=O) groups excluding carboxylic acids is 1. The molecular weight excluding hydrogens is 278 g/mol. The number of rotatable bonds is 3. The fraction of sp³-hybridized carbons (Fsp3) is 0.429. The molecule has 1 aromatic carbocycles. The van der Waals surface area contributed by atoms with Gasteiger partial charge in [0.2, 0.25) is 0 Å². The molecule has 0 bridgehead atoms. The van der Waals surface area contributed by atoms with Crippen LogP contribution in [0.15, 0.2) is 18.2 Å². The zero-order valence-corrected chi connectivity index (χ0v) is 12.1. The van der Waals surface area contributed by atoms with Crippen LogP contribution in [-0.4, -0.2) is 55.5 Å². The Hall–Kier alpha value is -1.77. The van der Waals surface area contributed by atoms with Crippen LogP contribution in [0.5, 0.6) is 5.75 Å². The Labute approximate surface area is 123 Å². The highest BCUT2D eigenvalue weighted by Gasteiger charge is 2.19. The van der Waals surface area contributed by atoms with Crippen molar-refractivity contribution in [1.82, 2.24) is 9.80 Å². The summed E-state index contributed by atoms with van der Waals surface area (Å²) in [7, 11) is 2.03. The standard InChI is InChI=1S/C14H16ClN3O2/c1-17-4-6-18(7-5-17)14(19)10-20-13-8-12(15)3-2-11(13)9-16/h2-3,8H,4-7,10H2,1H3. The van der Waals surface area contributed by atoms with Crippen molar-refractivity contribution in [1.29, 1.82) is 5.26 Å². The lowest BCUT2D eigenvalue weighted by molar-refractivity contribution is -0.134. The van der Waals surface area contributed by atoms with Crippen LogP contribution >= 0.6 is 11.6 Å². The maximum absolute atomic E-state index is 12.0. The van der Waals surface area contributed by atoms with E-state index >= 15 is 0 Å². The molecular formula is C14H16ClN3O2. The van der Waals surface area contributed by atoms with Crippen molar-refractivity contribution >= 4 is 17.5 Å². The van der Waals surface area contributed by atoms with Crippen LogP contribution in [0.4, 0.5) is 0 Å². The molecule has 2 rings (SSSR count). The van der Waals surface area contributed by atoms with E-state index in [4.69, 9.17) is 21.6 Å². The Morgan fingerprint density at radius 2 is 2.10 bits per heavy atom. The lowest BCUT2D eigenvalue weighted by atomic mass is 10.2. The molecule has 0 saturated carbocycles. The summed E-state index contributed by atoms with van der Waals surface area (Å²) in [4.78, 5) is 16.0. The molecule has 0 unspecified atom stereocenters. The number of ether oxygens (including phenoxy) is 1. The van der Waals surface area contributed by atoms with Gasteiger partial charge in [0, 0.05) is 37.3 Å². The number of benzene rings is 1. The van der Waals surface area contributed by atoms with Gasteiger partial charge in [0.25, 0.3) is 5.91 Å². The fourth-order valence-electron chi connectivity index (χ4n) is 1.99. The molecule has 5 nitrogen and oxygen atoms in total. The predicted molar refractivity (Wildman–Crippen MR) is 75.7 cm³/mol. The van der Waals surface area contributed by atoms with Gasteiger partial charge in [0.15, 0.2) is 6.61 Å². The molecule has 1 amide bonds. The number of halogens is 1. The predicted octanol–water partition coefficient (Wildman–Crippen LogP) is 1.36. The van der Waals surface area contributed by atoms with Crippen molar-refractivity contribution < 1.29 is 9.53 Å². The van der Waals surface area contributed by atoms with Crippen molar-refractivity contribution in [3.05, 3.63) is 28.8 Å². The zero-order chi connectivity index (χ0) is 14.5. The van der Waals surface area contributed by atoms with Gasteiger partial charge in [0.1, 0.15) is 11.8 Å². The van der Waals surface area contributed by atoms with E-state index in [2.05, 4.69) is 4.90 Å². The normalized spacial score (nSPS) is 15.8. The number of nitriles is 1. The first-order valence-corrected chi connectivity index (χ1v) is 6.76. The Kier molecular flexibility index (Phi) is 4.83. The minimum Gasteiger partial charge on any atom is -0.482 e. The number of hydrogen-bond donors (Lipinski definition) is 0. The van der Waals surface area contributed by atoms with Crippen LogP contribution in [0, 0.1) is 11.3 Å². The highest BCUT2D eigenvalue weighted by atomic mass is 35.5. The number of amides is 1. The average Bonchev–Trinajstić information content (AvgIpc) is 2.45. The lowest BCUT2D eigenvalue weighted by Gasteiger charge is -2.32. The van der Waals surface area contributed by atoms with Gasteiger partial charge >= 0.3 is 0 Å². The van der Waals surface area contributed by atoms with Crippen molar-refractivity contribution in [2.45, 2.75) is 0 Å². The van der Waals surface area contributed by atoms with Crippen LogP contribution in [-0.2, 0) is 4.79 Å². The quantitative estimate of drug-likeness (QED) is 0.844. The van der Waals surface area contributed by atoms with E-state index in [1.165, 1.54) is 0 Å². The first kappa shape index (κ1) is 14.6. The third-order valence-electron chi connectivity index (χ3n) is 3.27. The van der Waals surface area contributed by atoms with Gasteiger partial charge in [-0.25, -0.2) is 0 Å². The Morgan fingerprint density at radius 3 is 2.75 bits per heavy atom. The highest BCUT2D eigenvalue weighted by Crippen LogP contribution is 2.22. The minimum absolute atomic E-state index is 0.0676. The van der Waals surface area contributed by atoms with E-state index in [1.54, 1.807) is 23.1 Å². The van der Waals surface area contributed by atoms with Crippen molar-refractivity contribution in [3.63, 3.8) is 0 Å². The number of likely N-dealkylation sites (N-methyl/N-ethyl adjacent to an activating group) is 1. The second kappa shape index (κ2) is 6.60. The average molecular weight is 294 g/mol.